The first-order chi connectivity index (χ1) is 10.1. The van der Waals surface area contributed by atoms with E-state index in [2.05, 4.69) is 0 Å². The summed E-state index contributed by atoms with van der Waals surface area (Å²) in [4.78, 5) is 22.6. The molecular formula is C15H19NO5. The van der Waals surface area contributed by atoms with Crippen LogP contribution < -0.4 is 10.5 Å². The third-order valence-corrected chi connectivity index (χ3v) is 3.23. The maximum absolute atomic E-state index is 11.7. The lowest BCUT2D eigenvalue weighted by molar-refractivity contribution is -0.125. The van der Waals surface area contributed by atoms with Gasteiger partial charge in [0.2, 0.25) is 0 Å². The van der Waals surface area contributed by atoms with Crippen LogP contribution in [0, 0.1) is 0 Å². The molecule has 6 nitrogen and oxygen atoms in total. The predicted molar refractivity (Wildman–Crippen MR) is 75.0 cm³/mol. The van der Waals surface area contributed by atoms with E-state index in [1.807, 2.05) is 0 Å². The summed E-state index contributed by atoms with van der Waals surface area (Å²) in [5.74, 6) is -0.614. The molecule has 1 aromatic rings. The minimum absolute atomic E-state index is 0.144. The van der Waals surface area contributed by atoms with Crippen molar-refractivity contribution in [1.29, 1.82) is 0 Å². The second-order valence-electron chi connectivity index (χ2n) is 4.92. The quantitative estimate of drug-likeness (QED) is 0.798. The van der Waals surface area contributed by atoms with Crippen molar-refractivity contribution in [2.75, 3.05) is 13.2 Å². The summed E-state index contributed by atoms with van der Waals surface area (Å²) in [6.45, 7) is 2.72. The van der Waals surface area contributed by atoms with Crippen LogP contribution in [-0.2, 0) is 14.3 Å². The molecule has 1 aliphatic rings. The number of hydrogen-bond acceptors (Lipinski definition) is 5. The van der Waals surface area contributed by atoms with Crippen LogP contribution in [0.2, 0.25) is 0 Å². The van der Waals surface area contributed by atoms with Gasteiger partial charge in [-0.05, 0) is 44.0 Å². The number of ether oxygens (including phenoxy) is 3. The van der Waals surface area contributed by atoms with E-state index in [0.717, 1.165) is 19.4 Å². The van der Waals surface area contributed by atoms with Crippen molar-refractivity contribution in [3.8, 4) is 5.75 Å². The molecule has 6 heteroatoms. The minimum Gasteiger partial charge on any atom is -0.491 e. The van der Waals surface area contributed by atoms with E-state index < -0.39 is 18.0 Å². The summed E-state index contributed by atoms with van der Waals surface area (Å²) in [6, 6.07) is 6.53. The molecule has 1 amide bonds. The number of rotatable bonds is 6. The average molecular weight is 293 g/mol. The molecule has 2 atom stereocenters. The van der Waals surface area contributed by atoms with Gasteiger partial charge in [-0.25, -0.2) is 4.79 Å². The monoisotopic (exact) mass is 293 g/mol. The average Bonchev–Trinajstić information content (AvgIpc) is 2.98. The van der Waals surface area contributed by atoms with Crippen molar-refractivity contribution in [3.05, 3.63) is 29.8 Å². The van der Waals surface area contributed by atoms with Gasteiger partial charge < -0.3 is 19.9 Å². The number of nitrogens with two attached hydrogens (primary N) is 1. The fourth-order valence-electron chi connectivity index (χ4n) is 1.94. The molecule has 0 bridgehead atoms. The van der Waals surface area contributed by atoms with E-state index in [1.165, 1.54) is 6.92 Å². The third-order valence-electron chi connectivity index (χ3n) is 3.23. The molecule has 2 N–H and O–H groups in total. The molecule has 0 aromatic heterocycles. The Bertz CT molecular complexity index is 493. The zero-order chi connectivity index (χ0) is 15.2. The van der Waals surface area contributed by atoms with Gasteiger partial charge in [0, 0.05) is 6.61 Å². The number of benzene rings is 1. The van der Waals surface area contributed by atoms with E-state index in [-0.39, 0.29) is 6.10 Å². The molecule has 1 heterocycles. The highest BCUT2D eigenvalue weighted by Gasteiger charge is 2.17. The maximum atomic E-state index is 11.7. The van der Waals surface area contributed by atoms with Crippen LogP contribution in [0.1, 0.15) is 30.1 Å². The van der Waals surface area contributed by atoms with Gasteiger partial charge in [-0.15, -0.1) is 0 Å². The largest absolute Gasteiger partial charge is 0.491 e. The highest BCUT2D eigenvalue weighted by molar-refractivity contribution is 5.92. The fraction of sp³-hybridized carbons (Fsp3) is 0.467. The van der Waals surface area contributed by atoms with Crippen molar-refractivity contribution < 1.29 is 23.8 Å². The van der Waals surface area contributed by atoms with E-state index >= 15 is 0 Å². The standard InChI is InChI=1S/C15H19NO5/c1-10(14(16)17)21-15(18)11-4-6-12(7-5-11)20-9-13-3-2-8-19-13/h4-7,10,13H,2-3,8-9H2,1H3,(H2,16,17)/t10-,13+/m1/s1. The van der Waals surface area contributed by atoms with Gasteiger partial charge in [0.25, 0.3) is 5.91 Å². The summed E-state index contributed by atoms with van der Waals surface area (Å²) in [5.41, 5.74) is 5.38. The Kier molecular flexibility index (Phi) is 5.16. The van der Waals surface area contributed by atoms with Gasteiger partial charge in [-0.1, -0.05) is 0 Å². The first-order valence-electron chi connectivity index (χ1n) is 6.91. The first-order valence-corrected chi connectivity index (χ1v) is 6.91. The van der Waals surface area contributed by atoms with Crippen molar-refractivity contribution in [1.82, 2.24) is 0 Å². The Morgan fingerprint density at radius 3 is 2.67 bits per heavy atom. The molecule has 1 fully saturated rings. The lowest BCUT2D eigenvalue weighted by atomic mass is 10.2. The van der Waals surface area contributed by atoms with E-state index in [0.29, 0.717) is 17.9 Å². The number of amides is 1. The zero-order valence-corrected chi connectivity index (χ0v) is 11.9. The topological polar surface area (TPSA) is 87.8 Å². The van der Waals surface area contributed by atoms with Crippen LogP contribution in [-0.4, -0.2) is 37.3 Å². The molecule has 0 saturated carbocycles. The Morgan fingerprint density at radius 2 is 2.10 bits per heavy atom. The first kappa shape index (κ1) is 15.3. The van der Waals surface area contributed by atoms with Crippen LogP contribution in [0.3, 0.4) is 0 Å². The SMILES string of the molecule is C[C@@H](OC(=O)c1ccc(OC[C@@H]2CCCO2)cc1)C(N)=O. The third kappa shape index (κ3) is 4.46. The Labute approximate surface area is 123 Å². The molecule has 0 spiro atoms. The lowest BCUT2D eigenvalue weighted by Crippen LogP contribution is -2.30. The van der Waals surface area contributed by atoms with Crippen LogP contribution >= 0.6 is 0 Å². The van der Waals surface area contributed by atoms with Crippen molar-refractivity contribution in [2.45, 2.75) is 32.0 Å². The van der Waals surface area contributed by atoms with Crippen molar-refractivity contribution in [2.24, 2.45) is 5.73 Å². The summed E-state index contributed by atoms with van der Waals surface area (Å²) < 4.78 is 16.0. The van der Waals surface area contributed by atoms with Gasteiger partial charge in [0.1, 0.15) is 12.4 Å². The van der Waals surface area contributed by atoms with Gasteiger partial charge in [0.05, 0.1) is 11.7 Å². The molecule has 0 radical (unpaired) electrons. The maximum Gasteiger partial charge on any atom is 0.338 e. The molecule has 114 valence electrons. The highest BCUT2D eigenvalue weighted by Crippen LogP contribution is 2.17. The number of carbonyl (C=O) groups is 2. The highest BCUT2D eigenvalue weighted by atomic mass is 16.5. The minimum atomic E-state index is -0.951. The molecule has 0 aliphatic carbocycles. The molecule has 0 unspecified atom stereocenters. The number of hydrogen-bond donors (Lipinski definition) is 1. The normalized spacial score (nSPS) is 19.0. The van der Waals surface area contributed by atoms with E-state index in [4.69, 9.17) is 19.9 Å². The van der Waals surface area contributed by atoms with Crippen LogP contribution in [0.4, 0.5) is 0 Å². The van der Waals surface area contributed by atoms with Gasteiger partial charge in [0.15, 0.2) is 6.10 Å². The molecule has 21 heavy (non-hydrogen) atoms. The summed E-state index contributed by atoms with van der Waals surface area (Å²) in [5, 5.41) is 0. The van der Waals surface area contributed by atoms with Gasteiger partial charge >= 0.3 is 5.97 Å². The molecule has 1 saturated heterocycles. The Morgan fingerprint density at radius 1 is 1.38 bits per heavy atom. The van der Waals surface area contributed by atoms with Crippen LogP contribution in [0.25, 0.3) is 0 Å². The fourth-order valence-corrected chi connectivity index (χ4v) is 1.94. The zero-order valence-electron chi connectivity index (χ0n) is 11.9. The Balaban J connectivity index is 1.85. The molecule has 2 rings (SSSR count). The molecular weight excluding hydrogens is 274 g/mol. The van der Waals surface area contributed by atoms with E-state index in [9.17, 15) is 9.59 Å². The molecule has 1 aromatic carbocycles. The summed E-state index contributed by atoms with van der Waals surface area (Å²) in [6.07, 6.45) is 1.27. The van der Waals surface area contributed by atoms with Crippen LogP contribution in [0.15, 0.2) is 24.3 Å². The smallest absolute Gasteiger partial charge is 0.338 e. The van der Waals surface area contributed by atoms with Crippen molar-refractivity contribution >= 4 is 11.9 Å². The van der Waals surface area contributed by atoms with Crippen LogP contribution in [0.5, 0.6) is 5.75 Å². The van der Waals surface area contributed by atoms with Gasteiger partial charge in [-0.2, -0.15) is 0 Å². The van der Waals surface area contributed by atoms with Gasteiger partial charge in [-0.3, -0.25) is 4.79 Å². The second-order valence-corrected chi connectivity index (χ2v) is 4.92. The number of esters is 1. The number of primary amides is 1. The van der Waals surface area contributed by atoms with Crippen molar-refractivity contribution in [3.63, 3.8) is 0 Å². The summed E-state index contributed by atoms with van der Waals surface area (Å²) in [7, 11) is 0. The second kappa shape index (κ2) is 7.08. The van der Waals surface area contributed by atoms with E-state index in [1.54, 1.807) is 24.3 Å². The number of carbonyl (C=O) groups excluding carboxylic acids is 2. The Hall–Kier alpha value is -2.08. The molecule has 1 aliphatic heterocycles. The lowest BCUT2D eigenvalue weighted by Gasteiger charge is -2.12. The predicted octanol–water partition coefficient (Wildman–Crippen LogP) is 1.27. The summed E-state index contributed by atoms with van der Waals surface area (Å²) >= 11 is 0.